The van der Waals surface area contributed by atoms with Crippen molar-refractivity contribution in [3.05, 3.63) is 95.6 Å². The number of esters is 1. The maximum Gasteiger partial charge on any atom is 0.503 e. The van der Waals surface area contributed by atoms with Gasteiger partial charge in [-0.15, -0.1) is 0 Å². The zero-order valence-electron chi connectivity index (χ0n) is 16.1. The van der Waals surface area contributed by atoms with Crippen LogP contribution in [0.15, 0.2) is 78.9 Å². The van der Waals surface area contributed by atoms with Gasteiger partial charge in [-0.2, -0.15) is 0 Å². The minimum Gasteiger partial charge on any atom is -0.450 e. The van der Waals surface area contributed by atoms with Gasteiger partial charge in [-0.25, -0.2) is 9.59 Å². The SMILES string of the molecule is N=C(N)c1ccc(OC(=O)c2ccccc2)c(NC(=O)c2ccccc2)c1.O=C(O)O. The lowest BCUT2D eigenvalue weighted by molar-refractivity contribution is 0.0734. The number of hydrogen-bond donors (Lipinski definition) is 5. The largest absolute Gasteiger partial charge is 0.503 e. The van der Waals surface area contributed by atoms with Gasteiger partial charge in [-0.1, -0.05) is 36.4 Å². The highest BCUT2D eigenvalue weighted by Crippen LogP contribution is 2.27. The number of hydrogen-bond acceptors (Lipinski definition) is 5. The molecule has 0 saturated heterocycles. The molecule has 0 aliphatic heterocycles. The highest BCUT2D eigenvalue weighted by molar-refractivity contribution is 6.06. The second kappa shape index (κ2) is 10.8. The van der Waals surface area contributed by atoms with Crippen LogP contribution in [0.5, 0.6) is 5.75 Å². The van der Waals surface area contributed by atoms with E-state index in [0.717, 1.165) is 0 Å². The average molecular weight is 421 g/mol. The smallest absolute Gasteiger partial charge is 0.450 e. The maximum absolute atomic E-state index is 12.5. The fraction of sp³-hybridized carbons (Fsp3) is 0. The monoisotopic (exact) mass is 421 g/mol. The summed E-state index contributed by atoms with van der Waals surface area (Å²) in [6.45, 7) is 0. The minimum absolute atomic E-state index is 0.161. The van der Waals surface area contributed by atoms with Crippen molar-refractivity contribution in [3.8, 4) is 5.75 Å². The predicted molar refractivity (Wildman–Crippen MR) is 114 cm³/mol. The number of nitrogens with one attached hydrogen (secondary N) is 2. The highest BCUT2D eigenvalue weighted by Gasteiger charge is 2.15. The second-order valence-electron chi connectivity index (χ2n) is 5.98. The highest BCUT2D eigenvalue weighted by atomic mass is 16.6. The Morgan fingerprint density at radius 1 is 0.806 bits per heavy atom. The molecule has 0 bridgehead atoms. The van der Waals surface area contributed by atoms with Crippen molar-refractivity contribution in [1.29, 1.82) is 5.41 Å². The molecule has 3 aromatic rings. The third-order valence-electron chi connectivity index (χ3n) is 3.79. The van der Waals surface area contributed by atoms with Crippen molar-refractivity contribution in [1.82, 2.24) is 0 Å². The van der Waals surface area contributed by atoms with Crippen LogP contribution in [-0.4, -0.2) is 34.1 Å². The molecule has 3 aromatic carbocycles. The molecule has 0 atom stereocenters. The molecule has 0 aliphatic carbocycles. The standard InChI is InChI=1S/C21H17N3O3.CH2O3/c22-19(23)16-11-12-18(27-21(26)15-9-5-2-6-10-15)17(13-16)24-20(25)14-7-3-1-4-8-14;2-1(3)4/h1-13H,(H3,22,23)(H,24,25);(H2,2,3,4). The summed E-state index contributed by atoms with van der Waals surface area (Å²) in [5.41, 5.74) is 7.01. The normalized spacial score (nSPS) is 9.55. The van der Waals surface area contributed by atoms with E-state index in [2.05, 4.69) is 5.32 Å². The molecule has 0 heterocycles. The molecule has 0 fully saturated rings. The van der Waals surface area contributed by atoms with E-state index in [1.807, 2.05) is 0 Å². The summed E-state index contributed by atoms with van der Waals surface area (Å²) >= 11 is 0. The van der Waals surface area contributed by atoms with Crippen LogP contribution in [0.3, 0.4) is 0 Å². The number of nitrogen functional groups attached to an aromatic ring is 1. The van der Waals surface area contributed by atoms with E-state index in [9.17, 15) is 9.59 Å². The van der Waals surface area contributed by atoms with E-state index in [1.165, 1.54) is 12.1 Å². The fourth-order valence-electron chi connectivity index (χ4n) is 2.40. The summed E-state index contributed by atoms with van der Waals surface area (Å²) in [6.07, 6.45) is -1.83. The van der Waals surface area contributed by atoms with Crippen molar-refractivity contribution in [2.75, 3.05) is 5.32 Å². The first kappa shape index (κ1) is 22.6. The van der Waals surface area contributed by atoms with Gasteiger partial charge in [0.25, 0.3) is 5.91 Å². The third-order valence-corrected chi connectivity index (χ3v) is 3.79. The summed E-state index contributed by atoms with van der Waals surface area (Å²) in [6, 6.07) is 21.7. The Kier molecular flexibility index (Phi) is 7.86. The zero-order valence-corrected chi connectivity index (χ0v) is 16.1. The van der Waals surface area contributed by atoms with Crippen LogP contribution in [-0.2, 0) is 0 Å². The number of benzene rings is 3. The van der Waals surface area contributed by atoms with Gasteiger partial charge in [-0.3, -0.25) is 10.2 Å². The Bertz CT molecular complexity index is 1080. The van der Waals surface area contributed by atoms with E-state index in [-0.39, 0.29) is 23.2 Å². The first-order chi connectivity index (χ1) is 14.8. The molecule has 6 N–H and O–H groups in total. The zero-order chi connectivity index (χ0) is 22.8. The molecule has 0 aliphatic rings. The summed E-state index contributed by atoms with van der Waals surface area (Å²) < 4.78 is 5.44. The van der Waals surface area contributed by atoms with Crippen molar-refractivity contribution in [2.24, 2.45) is 5.73 Å². The summed E-state index contributed by atoms with van der Waals surface area (Å²) in [5, 5.41) is 24.2. The number of rotatable bonds is 5. The number of carboxylic acid groups (broad SMARTS) is 2. The first-order valence-electron chi connectivity index (χ1n) is 8.82. The molecule has 9 nitrogen and oxygen atoms in total. The van der Waals surface area contributed by atoms with Crippen molar-refractivity contribution in [3.63, 3.8) is 0 Å². The molecule has 1 amide bonds. The number of nitrogens with two attached hydrogens (primary N) is 1. The Hall–Kier alpha value is -4.66. The third kappa shape index (κ3) is 7.02. The van der Waals surface area contributed by atoms with Gasteiger partial charge in [0.1, 0.15) is 5.84 Å². The predicted octanol–water partition coefficient (Wildman–Crippen LogP) is 3.66. The Labute approximate surface area is 177 Å². The Morgan fingerprint density at radius 2 is 1.32 bits per heavy atom. The molecule has 158 valence electrons. The van der Waals surface area contributed by atoms with Gasteiger partial charge in [0.15, 0.2) is 5.75 Å². The molecule has 0 aromatic heterocycles. The Balaban J connectivity index is 0.000000785. The van der Waals surface area contributed by atoms with Gasteiger partial charge < -0.3 is 26.0 Å². The van der Waals surface area contributed by atoms with Crippen molar-refractivity contribution < 1.29 is 29.3 Å². The van der Waals surface area contributed by atoms with Crippen LogP contribution < -0.4 is 15.8 Å². The van der Waals surface area contributed by atoms with Crippen molar-refractivity contribution in [2.45, 2.75) is 0 Å². The maximum atomic E-state index is 12.5. The first-order valence-corrected chi connectivity index (χ1v) is 8.82. The summed E-state index contributed by atoms with van der Waals surface area (Å²) in [7, 11) is 0. The summed E-state index contributed by atoms with van der Waals surface area (Å²) in [4.78, 5) is 33.4. The van der Waals surface area contributed by atoms with Crippen LogP contribution in [0.2, 0.25) is 0 Å². The molecule has 0 unspecified atom stereocenters. The number of carbonyl (C=O) groups is 3. The van der Waals surface area contributed by atoms with Gasteiger partial charge in [0.2, 0.25) is 0 Å². The van der Waals surface area contributed by atoms with E-state index >= 15 is 0 Å². The van der Waals surface area contributed by atoms with Gasteiger partial charge in [0.05, 0.1) is 11.3 Å². The van der Waals surface area contributed by atoms with Crippen LogP contribution >= 0.6 is 0 Å². The molecule has 0 spiro atoms. The molecular formula is C22H19N3O6. The van der Waals surface area contributed by atoms with Gasteiger partial charge in [-0.05, 0) is 42.5 Å². The van der Waals surface area contributed by atoms with E-state index in [0.29, 0.717) is 16.7 Å². The van der Waals surface area contributed by atoms with E-state index in [1.54, 1.807) is 66.7 Å². The lowest BCUT2D eigenvalue weighted by Crippen LogP contribution is -2.17. The lowest BCUT2D eigenvalue weighted by Gasteiger charge is -2.13. The van der Waals surface area contributed by atoms with Crippen molar-refractivity contribution >= 4 is 29.6 Å². The van der Waals surface area contributed by atoms with Gasteiger partial charge in [0, 0.05) is 11.1 Å². The van der Waals surface area contributed by atoms with E-state index in [4.69, 9.17) is 30.9 Å². The molecule has 3 rings (SSSR count). The van der Waals surface area contributed by atoms with E-state index < -0.39 is 12.1 Å². The number of amides is 1. The fourth-order valence-corrected chi connectivity index (χ4v) is 2.40. The molecular weight excluding hydrogens is 402 g/mol. The number of amidine groups is 1. The molecule has 0 radical (unpaired) electrons. The van der Waals surface area contributed by atoms with Crippen LogP contribution in [0, 0.1) is 5.41 Å². The van der Waals surface area contributed by atoms with Gasteiger partial charge >= 0.3 is 12.1 Å². The topological polar surface area (TPSA) is 163 Å². The van der Waals surface area contributed by atoms with Crippen LogP contribution in [0.1, 0.15) is 26.3 Å². The van der Waals surface area contributed by atoms with Crippen LogP contribution in [0.4, 0.5) is 10.5 Å². The molecule has 31 heavy (non-hydrogen) atoms. The molecule has 0 saturated carbocycles. The Morgan fingerprint density at radius 3 is 1.84 bits per heavy atom. The second-order valence-corrected chi connectivity index (χ2v) is 5.98. The molecule has 9 heteroatoms. The van der Waals surface area contributed by atoms with Crippen LogP contribution in [0.25, 0.3) is 0 Å². The number of ether oxygens (including phenoxy) is 1. The number of anilines is 1. The minimum atomic E-state index is -1.83. The number of carbonyl (C=O) groups excluding carboxylic acids is 2. The quantitative estimate of drug-likeness (QED) is 0.182. The average Bonchev–Trinajstić information content (AvgIpc) is 2.75. The summed E-state index contributed by atoms with van der Waals surface area (Å²) in [5.74, 6) is -0.918. The lowest BCUT2D eigenvalue weighted by atomic mass is 10.1.